The minimum absolute atomic E-state index is 0.0800. The Morgan fingerprint density at radius 1 is 0.484 bits per heavy atom. The van der Waals surface area contributed by atoms with Gasteiger partial charge in [0.1, 0.15) is 34.8 Å². The van der Waals surface area contributed by atoms with Gasteiger partial charge in [-0.3, -0.25) is 9.97 Å². The summed E-state index contributed by atoms with van der Waals surface area (Å²) >= 11 is 0. The molecule has 0 saturated heterocycles. The normalized spacial score (nSPS) is 14.8. The number of ether oxygens (including phenoxy) is 4. The second-order valence-corrected chi connectivity index (χ2v) is 18.6. The van der Waals surface area contributed by atoms with E-state index in [4.69, 9.17) is 27.8 Å². The first-order chi connectivity index (χ1) is 31.0. The molecule has 4 aromatic heterocycles. The van der Waals surface area contributed by atoms with Crippen molar-refractivity contribution in [1.29, 1.82) is 0 Å². The number of benzene rings is 4. The van der Waals surface area contributed by atoms with Gasteiger partial charge in [0.25, 0.3) is 0 Å². The maximum absolute atomic E-state index is 13.4. The van der Waals surface area contributed by atoms with Crippen LogP contribution in [0.3, 0.4) is 0 Å². The van der Waals surface area contributed by atoms with Crippen LogP contribution < -0.4 is 28.4 Å². The fourth-order valence-electron chi connectivity index (χ4n) is 7.45. The molecule has 0 unspecified atom stereocenters. The fraction of sp³-hybridized carbons (Fsp3) is 0.208. The number of sulfonamides is 2. The van der Waals surface area contributed by atoms with Gasteiger partial charge >= 0.3 is 0 Å². The summed E-state index contributed by atoms with van der Waals surface area (Å²) in [7, 11) is -7.88. The highest BCUT2D eigenvalue weighted by Gasteiger charge is 2.31. The predicted octanol–water partition coefficient (Wildman–Crippen LogP) is 8.73. The quantitative estimate of drug-likeness (QED) is 0.133. The van der Waals surface area contributed by atoms with Crippen LogP contribution in [0.2, 0.25) is 0 Å². The lowest BCUT2D eigenvalue weighted by Gasteiger charge is -2.18. The number of nitrogens with zero attached hydrogens (tertiary/aromatic N) is 2. The molecule has 14 nitrogen and oxygen atoms in total. The number of nitrogens with one attached hydrogen (secondary N) is 2. The first-order valence-corrected chi connectivity index (χ1v) is 23.6. The molecule has 2 aliphatic heterocycles. The number of rotatable bonds is 10. The molecule has 0 radical (unpaired) electrons. The topological polar surface area (TPSA) is 181 Å². The molecular formula is C48H44N4O10S2. The SMILES string of the molecule is Cc1cccnc1[C@@H](NS(=O)(=O)c1ccc2c(c1)OCCCO2)c1cc2ccccc2o1.Cc1cccnc1[C@H](NS(=O)(=O)c1ccc2c(c1)OCCCO2)c1cc2ccccc2o1. The molecule has 6 heterocycles. The van der Waals surface area contributed by atoms with Gasteiger partial charge < -0.3 is 27.8 Å². The summed E-state index contributed by atoms with van der Waals surface area (Å²) in [5, 5.41) is 1.77. The Morgan fingerprint density at radius 2 is 0.891 bits per heavy atom. The molecule has 0 aliphatic carbocycles. The molecule has 2 atom stereocenters. The summed E-state index contributed by atoms with van der Waals surface area (Å²) in [4.78, 5) is 9.07. The van der Waals surface area contributed by atoms with Crippen molar-refractivity contribution in [2.75, 3.05) is 26.4 Å². The van der Waals surface area contributed by atoms with Gasteiger partial charge in [0.15, 0.2) is 23.0 Å². The van der Waals surface area contributed by atoms with Crippen molar-refractivity contribution in [3.05, 3.63) is 168 Å². The lowest BCUT2D eigenvalue weighted by atomic mass is 10.1. The zero-order valence-corrected chi connectivity index (χ0v) is 36.5. The van der Waals surface area contributed by atoms with Crippen molar-refractivity contribution >= 4 is 42.0 Å². The minimum atomic E-state index is -3.94. The molecule has 16 heteroatoms. The van der Waals surface area contributed by atoms with E-state index in [0.29, 0.717) is 83.5 Å². The summed E-state index contributed by atoms with van der Waals surface area (Å²) in [6, 6.07) is 33.8. The first kappa shape index (κ1) is 42.6. The van der Waals surface area contributed by atoms with Crippen LogP contribution in [-0.4, -0.2) is 53.2 Å². The zero-order valence-electron chi connectivity index (χ0n) is 34.9. The Hall–Kier alpha value is -6.72. The molecule has 0 saturated carbocycles. The van der Waals surface area contributed by atoms with E-state index >= 15 is 0 Å². The van der Waals surface area contributed by atoms with Crippen molar-refractivity contribution in [1.82, 2.24) is 19.4 Å². The highest BCUT2D eigenvalue weighted by molar-refractivity contribution is 7.89. The molecule has 64 heavy (non-hydrogen) atoms. The first-order valence-electron chi connectivity index (χ1n) is 20.7. The number of fused-ring (bicyclic) bond motifs is 4. The Kier molecular flexibility index (Phi) is 12.1. The monoisotopic (exact) mass is 900 g/mol. The van der Waals surface area contributed by atoms with Crippen LogP contribution >= 0.6 is 0 Å². The number of para-hydroxylation sites is 2. The van der Waals surface area contributed by atoms with Gasteiger partial charge in [0, 0.05) is 48.1 Å². The van der Waals surface area contributed by atoms with Crippen LogP contribution in [-0.2, 0) is 20.0 Å². The number of hydrogen-bond donors (Lipinski definition) is 2. The highest BCUT2D eigenvalue weighted by atomic mass is 32.2. The largest absolute Gasteiger partial charge is 0.490 e. The van der Waals surface area contributed by atoms with Crippen LogP contribution in [0.1, 0.15) is 59.0 Å². The van der Waals surface area contributed by atoms with Gasteiger partial charge in [-0.2, -0.15) is 9.44 Å². The van der Waals surface area contributed by atoms with Crippen molar-refractivity contribution in [2.45, 2.75) is 48.6 Å². The van der Waals surface area contributed by atoms with E-state index in [0.717, 1.165) is 34.7 Å². The number of pyridine rings is 2. The summed E-state index contributed by atoms with van der Waals surface area (Å²) in [5.41, 5.74) is 4.19. The fourth-order valence-corrected chi connectivity index (χ4v) is 9.82. The van der Waals surface area contributed by atoms with Crippen molar-refractivity contribution in [2.24, 2.45) is 0 Å². The van der Waals surface area contributed by atoms with Crippen LogP contribution in [0.15, 0.2) is 152 Å². The highest BCUT2D eigenvalue weighted by Crippen LogP contribution is 2.36. The Balaban J connectivity index is 0.000000162. The molecule has 0 fully saturated rings. The maximum Gasteiger partial charge on any atom is 0.241 e. The van der Waals surface area contributed by atoms with Gasteiger partial charge in [-0.1, -0.05) is 48.5 Å². The molecule has 2 N–H and O–H groups in total. The molecule has 328 valence electrons. The summed E-state index contributed by atoms with van der Waals surface area (Å²) in [5.74, 6) is 2.84. The summed E-state index contributed by atoms with van der Waals surface area (Å²) in [6.07, 6.45) is 4.75. The van der Waals surface area contributed by atoms with Crippen LogP contribution in [0.25, 0.3) is 21.9 Å². The van der Waals surface area contributed by atoms with Crippen molar-refractivity contribution < 1.29 is 44.6 Å². The average Bonchev–Trinajstić information content (AvgIpc) is 3.76. The smallest absolute Gasteiger partial charge is 0.241 e. The van der Waals surface area contributed by atoms with Gasteiger partial charge in [0.05, 0.1) is 47.6 Å². The Bertz CT molecular complexity index is 2910. The van der Waals surface area contributed by atoms with E-state index in [9.17, 15) is 16.8 Å². The van der Waals surface area contributed by atoms with Crippen LogP contribution in [0, 0.1) is 13.8 Å². The average molecular weight is 901 g/mol. The second kappa shape index (κ2) is 18.2. The van der Waals surface area contributed by atoms with E-state index in [1.807, 2.05) is 98.8 Å². The second-order valence-electron chi connectivity index (χ2n) is 15.2. The number of hydrogen-bond acceptors (Lipinski definition) is 12. The molecule has 8 aromatic rings. The zero-order chi connectivity index (χ0) is 44.3. The Labute approximate surface area is 370 Å². The maximum atomic E-state index is 13.4. The standard InChI is InChI=1S/2C24H22N2O5S/c2*1-16-6-4-11-25-23(16)24(22-14-17-7-2-3-8-19(17)31-22)26-32(27,28)18-9-10-20-21(15-18)30-13-5-12-29-20/h2*2-4,6-11,14-15,24,26H,5,12-13H2,1H3/t2*24-/m10/s1. The molecule has 0 bridgehead atoms. The van der Waals surface area contributed by atoms with Gasteiger partial charge in [-0.25, -0.2) is 16.8 Å². The molecule has 2 aliphatic rings. The third-order valence-electron chi connectivity index (χ3n) is 10.7. The van der Waals surface area contributed by atoms with E-state index in [2.05, 4.69) is 19.4 Å². The molecular weight excluding hydrogens is 857 g/mol. The molecule has 4 aromatic carbocycles. The summed E-state index contributed by atoms with van der Waals surface area (Å²) < 4.78 is 93.8. The van der Waals surface area contributed by atoms with Crippen LogP contribution in [0.5, 0.6) is 23.0 Å². The number of furan rings is 2. The van der Waals surface area contributed by atoms with Crippen molar-refractivity contribution in [3.8, 4) is 23.0 Å². The lowest BCUT2D eigenvalue weighted by molar-refractivity contribution is 0.296. The number of aromatic nitrogens is 2. The Morgan fingerprint density at radius 3 is 1.30 bits per heavy atom. The predicted molar refractivity (Wildman–Crippen MR) is 239 cm³/mol. The third-order valence-corrected chi connectivity index (χ3v) is 13.6. The van der Waals surface area contributed by atoms with Crippen molar-refractivity contribution in [3.63, 3.8) is 0 Å². The van der Waals surface area contributed by atoms with Crippen LogP contribution in [0.4, 0.5) is 0 Å². The molecule has 0 spiro atoms. The van der Waals surface area contributed by atoms with E-state index in [-0.39, 0.29) is 9.79 Å². The molecule has 0 amide bonds. The number of aryl methyl sites for hydroxylation is 2. The van der Waals surface area contributed by atoms with Gasteiger partial charge in [0.2, 0.25) is 20.0 Å². The minimum Gasteiger partial charge on any atom is -0.490 e. The third kappa shape index (κ3) is 9.17. The summed E-state index contributed by atoms with van der Waals surface area (Å²) in [6.45, 7) is 5.78. The lowest BCUT2D eigenvalue weighted by Crippen LogP contribution is -2.30. The van der Waals surface area contributed by atoms with E-state index in [1.165, 1.54) is 24.3 Å². The van der Waals surface area contributed by atoms with E-state index in [1.54, 1.807) is 24.5 Å². The van der Waals surface area contributed by atoms with Gasteiger partial charge in [-0.05, 0) is 85.6 Å². The van der Waals surface area contributed by atoms with Gasteiger partial charge in [-0.15, -0.1) is 0 Å². The van der Waals surface area contributed by atoms with E-state index < -0.39 is 32.1 Å². The molecule has 10 rings (SSSR count).